The highest BCUT2D eigenvalue weighted by atomic mass is 16.2. The van der Waals surface area contributed by atoms with Crippen molar-refractivity contribution in [3.8, 4) is 0 Å². The average molecular weight is 407 g/mol. The van der Waals surface area contributed by atoms with E-state index in [9.17, 15) is 9.59 Å². The Hall–Kier alpha value is -2.73. The number of hydrogen-bond donors (Lipinski definition) is 1. The first-order valence-corrected chi connectivity index (χ1v) is 10.8. The third kappa shape index (κ3) is 4.54. The third-order valence-corrected chi connectivity index (χ3v) is 5.90. The lowest BCUT2D eigenvalue weighted by molar-refractivity contribution is 0.0761. The third-order valence-electron chi connectivity index (χ3n) is 5.90. The topological polar surface area (TPSA) is 65.5 Å². The minimum Gasteiger partial charge on any atom is -0.352 e. The van der Waals surface area contributed by atoms with Gasteiger partial charge in [-0.3, -0.25) is 14.6 Å². The molecule has 4 rings (SSSR count). The maximum Gasteiger partial charge on any atom is 0.255 e. The van der Waals surface area contributed by atoms with Crippen molar-refractivity contribution in [1.29, 1.82) is 0 Å². The zero-order valence-electron chi connectivity index (χ0n) is 17.8. The highest BCUT2D eigenvalue weighted by molar-refractivity contribution is 6.09. The summed E-state index contributed by atoms with van der Waals surface area (Å²) in [5.74, 6) is 0.905. The van der Waals surface area contributed by atoms with Crippen molar-refractivity contribution in [2.24, 2.45) is 11.8 Å². The molecule has 2 aliphatic rings. The molecule has 1 aromatic carbocycles. The van der Waals surface area contributed by atoms with Crippen molar-refractivity contribution >= 4 is 11.8 Å². The van der Waals surface area contributed by atoms with Crippen LogP contribution in [0.1, 0.15) is 52.1 Å². The predicted molar refractivity (Wildman–Crippen MR) is 116 cm³/mol. The maximum absolute atomic E-state index is 13.1. The first-order chi connectivity index (χ1) is 14.5. The molecular weight excluding hydrogens is 376 g/mol. The number of hydrogen-bond acceptors (Lipinski definition) is 4. The van der Waals surface area contributed by atoms with Gasteiger partial charge in [0.05, 0.1) is 11.1 Å². The molecule has 0 saturated carbocycles. The molecule has 0 aliphatic carbocycles. The fourth-order valence-electron chi connectivity index (χ4n) is 4.54. The fourth-order valence-corrected chi connectivity index (χ4v) is 4.54. The van der Waals surface area contributed by atoms with E-state index in [1.54, 1.807) is 23.4 Å². The minimum absolute atomic E-state index is 0.0800. The summed E-state index contributed by atoms with van der Waals surface area (Å²) in [6, 6.07) is 9.40. The number of rotatable bonds is 7. The minimum atomic E-state index is -0.147. The summed E-state index contributed by atoms with van der Waals surface area (Å²) >= 11 is 0. The summed E-state index contributed by atoms with van der Waals surface area (Å²) in [4.78, 5) is 34.4. The molecule has 1 N–H and O–H groups in total. The summed E-state index contributed by atoms with van der Waals surface area (Å²) in [7, 11) is 0. The van der Waals surface area contributed by atoms with Crippen LogP contribution >= 0.6 is 0 Å². The summed E-state index contributed by atoms with van der Waals surface area (Å²) in [5, 5.41) is 3.08. The zero-order valence-corrected chi connectivity index (χ0v) is 17.8. The van der Waals surface area contributed by atoms with Crippen molar-refractivity contribution in [2.75, 3.05) is 26.2 Å². The van der Waals surface area contributed by atoms with Crippen LogP contribution in [0.15, 0.2) is 42.7 Å². The fraction of sp³-hybridized carbons (Fsp3) is 0.458. The number of benzene rings is 1. The van der Waals surface area contributed by atoms with Gasteiger partial charge in [-0.25, -0.2) is 0 Å². The number of carbonyl (C=O) groups excluding carboxylic acids is 2. The molecule has 0 spiro atoms. The van der Waals surface area contributed by atoms with Gasteiger partial charge in [-0.05, 0) is 48.1 Å². The number of nitrogens with one attached hydrogen (secondary N) is 1. The van der Waals surface area contributed by atoms with E-state index in [1.165, 1.54) is 0 Å². The molecule has 0 radical (unpaired) electrons. The molecular formula is C24H30N4O2. The smallest absolute Gasteiger partial charge is 0.255 e. The zero-order chi connectivity index (χ0) is 21.1. The van der Waals surface area contributed by atoms with Crippen LogP contribution in [0.5, 0.6) is 0 Å². The molecule has 2 aliphatic heterocycles. The van der Waals surface area contributed by atoms with Crippen molar-refractivity contribution in [3.63, 3.8) is 0 Å². The molecule has 1 atom stereocenters. The van der Waals surface area contributed by atoms with E-state index in [0.29, 0.717) is 42.6 Å². The second kappa shape index (κ2) is 8.96. The number of fused-ring (bicyclic) bond motifs is 1. The first kappa shape index (κ1) is 20.5. The van der Waals surface area contributed by atoms with E-state index in [1.807, 2.05) is 24.3 Å². The monoisotopic (exact) mass is 406 g/mol. The largest absolute Gasteiger partial charge is 0.352 e. The molecule has 158 valence electrons. The van der Waals surface area contributed by atoms with Crippen LogP contribution in [-0.2, 0) is 13.1 Å². The van der Waals surface area contributed by atoms with E-state index < -0.39 is 0 Å². The molecule has 1 unspecified atom stereocenters. The van der Waals surface area contributed by atoms with Crippen LogP contribution in [0, 0.1) is 11.8 Å². The standard InChI is InChI=1S/C24H30N4O2/c1-17(2)13-27-10-8-19(14-27)12-26-23(29)21-7-3-6-20-16-28(24(30)22(20)21)15-18-5-4-9-25-11-18/h3-7,9,11,17,19H,8,10,12-16H2,1-2H3,(H,26,29). The van der Waals surface area contributed by atoms with Crippen LogP contribution in [0.4, 0.5) is 0 Å². The molecule has 1 fully saturated rings. The highest BCUT2D eigenvalue weighted by Gasteiger charge is 2.32. The molecule has 30 heavy (non-hydrogen) atoms. The van der Waals surface area contributed by atoms with Crippen molar-refractivity contribution in [1.82, 2.24) is 20.1 Å². The Kier molecular flexibility index (Phi) is 6.13. The lowest BCUT2D eigenvalue weighted by atomic mass is 10.0. The van der Waals surface area contributed by atoms with Gasteiger partial charge in [-0.2, -0.15) is 0 Å². The Labute approximate surface area is 178 Å². The summed E-state index contributed by atoms with van der Waals surface area (Å²) in [6.07, 6.45) is 4.60. The summed E-state index contributed by atoms with van der Waals surface area (Å²) in [6.45, 7) is 9.39. The van der Waals surface area contributed by atoms with Gasteiger partial charge in [0.25, 0.3) is 11.8 Å². The van der Waals surface area contributed by atoms with Gasteiger partial charge in [0.15, 0.2) is 0 Å². The van der Waals surface area contributed by atoms with Gasteiger partial charge in [-0.1, -0.05) is 32.0 Å². The van der Waals surface area contributed by atoms with Gasteiger partial charge < -0.3 is 15.1 Å². The van der Waals surface area contributed by atoms with Crippen molar-refractivity contribution in [2.45, 2.75) is 33.4 Å². The molecule has 1 aromatic heterocycles. The van der Waals surface area contributed by atoms with Crippen molar-refractivity contribution in [3.05, 3.63) is 65.0 Å². The SMILES string of the molecule is CC(C)CN1CCC(CNC(=O)c2cccc3c2C(=O)N(Cc2cccnc2)C3)C1. The lowest BCUT2D eigenvalue weighted by Crippen LogP contribution is -2.33. The molecule has 2 aromatic rings. The Balaban J connectivity index is 1.39. The molecule has 6 heteroatoms. The maximum atomic E-state index is 13.1. The number of pyridine rings is 1. The van der Waals surface area contributed by atoms with Gasteiger partial charge in [0, 0.05) is 45.1 Å². The van der Waals surface area contributed by atoms with Crippen LogP contribution in [-0.4, -0.2) is 52.8 Å². The first-order valence-electron chi connectivity index (χ1n) is 10.8. The van der Waals surface area contributed by atoms with Crippen LogP contribution in [0.25, 0.3) is 0 Å². The van der Waals surface area contributed by atoms with E-state index in [0.717, 1.165) is 37.2 Å². The van der Waals surface area contributed by atoms with E-state index in [2.05, 4.69) is 29.0 Å². The van der Waals surface area contributed by atoms with E-state index >= 15 is 0 Å². The number of amides is 2. The van der Waals surface area contributed by atoms with Crippen LogP contribution in [0.2, 0.25) is 0 Å². The van der Waals surface area contributed by atoms with Crippen molar-refractivity contribution < 1.29 is 9.59 Å². The van der Waals surface area contributed by atoms with Crippen LogP contribution < -0.4 is 5.32 Å². The van der Waals surface area contributed by atoms with Crippen LogP contribution in [0.3, 0.4) is 0 Å². The van der Waals surface area contributed by atoms with E-state index in [4.69, 9.17) is 0 Å². The normalized spacial score (nSPS) is 18.8. The second-order valence-electron chi connectivity index (χ2n) is 8.88. The number of carbonyl (C=O) groups is 2. The predicted octanol–water partition coefficient (Wildman–Crippen LogP) is 2.95. The molecule has 6 nitrogen and oxygen atoms in total. The second-order valence-corrected chi connectivity index (χ2v) is 8.88. The molecule has 1 saturated heterocycles. The Bertz CT molecular complexity index is 913. The van der Waals surface area contributed by atoms with Gasteiger partial charge >= 0.3 is 0 Å². The number of likely N-dealkylation sites (tertiary alicyclic amines) is 1. The lowest BCUT2D eigenvalue weighted by Gasteiger charge is -2.18. The van der Waals surface area contributed by atoms with Gasteiger partial charge in [-0.15, -0.1) is 0 Å². The molecule has 3 heterocycles. The number of aromatic nitrogens is 1. The average Bonchev–Trinajstić information content (AvgIpc) is 3.30. The molecule has 2 amide bonds. The quantitative estimate of drug-likeness (QED) is 0.768. The van der Waals surface area contributed by atoms with Gasteiger partial charge in [0.1, 0.15) is 0 Å². The van der Waals surface area contributed by atoms with Gasteiger partial charge in [0.2, 0.25) is 0 Å². The molecule has 0 bridgehead atoms. The summed E-state index contributed by atoms with van der Waals surface area (Å²) in [5.41, 5.74) is 2.94. The van der Waals surface area contributed by atoms with E-state index in [-0.39, 0.29) is 11.8 Å². The Morgan fingerprint density at radius 3 is 2.90 bits per heavy atom. The summed E-state index contributed by atoms with van der Waals surface area (Å²) < 4.78 is 0. The Morgan fingerprint density at radius 2 is 2.13 bits per heavy atom. The number of nitrogens with zero attached hydrogens (tertiary/aromatic N) is 3. The Morgan fingerprint density at radius 1 is 1.27 bits per heavy atom. The highest BCUT2D eigenvalue weighted by Crippen LogP contribution is 2.27.